The summed E-state index contributed by atoms with van der Waals surface area (Å²) in [6.45, 7) is 9.01. The highest BCUT2D eigenvalue weighted by molar-refractivity contribution is 5.48. The van der Waals surface area contributed by atoms with Crippen LogP contribution in [0.25, 0.3) is 0 Å². The van der Waals surface area contributed by atoms with Gasteiger partial charge >= 0.3 is 0 Å². The van der Waals surface area contributed by atoms with Crippen LogP contribution >= 0.6 is 0 Å². The summed E-state index contributed by atoms with van der Waals surface area (Å²) in [6.07, 6.45) is 11.3. The molecule has 34 heavy (non-hydrogen) atoms. The van der Waals surface area contributed by atoms with Crippen LogP contribution in [0.4, 0.5) is 0 Å². The Balaban J connectivity index is 2.09. The van der Waals surface area contributed by atoms with Gasteiger partial charge in [0.15, 0.2) is 0 Å². The minimum atomic E-state index is -0.0605. The molecule has 0 unspecified atom stereocenters. The fourth-order valence-corrected chi connectivity index (χ4v) is 3.67. The van der Waals surface area contributed by atoms with E-state index in [-0.39, 0.29) is 30.5 Å². The summed E-state index contributed by atoms with van der Waals surface area (Å²) in [6, 6.07) is 8.01. The van der Waals surface area contributed by atoms with Crippen LogP contribution in [-0.2, 0) is 12.8 Å². The van der Waals surface area contributed by atoms with Crippen LogP contribution < -0.4 is 9.47 Å². The van der Waals surface area contributed by atoms with E-state index in [1.54, 1.807) is 0 Å². The third-order valence-electron chi connectivity index (χ3n) is 5.55. The van der Waals surface area contributed by atoms with Gasteiger partial charge in [0.1, 0.15) is 42.0 Å². The molecule has 0 aliphatic heterocycles. The zero-order chi connectivity index (χ0) is 24.9. The Morgan fingerprint density at radius 2 is 1.56 bits per heavy atom. The van der Waals surface area contributed by atoms with Crippen LogP contribution in [0.5, 0.6) is 28.7 Å². The number of rotatable bonds is 14. The van der Waals surface area contributed by atoms with Crippen molar-refractivity contribution < 1.29 is 24.8 Å². The quantitative estimate of drug-likeness (QED) is 0.201. The fraction of sp³-hybridized carbons (Fsp3) is 0.448. The molecule has 2 aromatic rings. The maximum absolute atomic E-state index is 10.8. The molecule has 0 bridgehead atoms. The van der Waals surface area contributed by atoms with E-state index in [4.69, 9.17) is 9.47 Å². The van der Waals surface area contributed by atoms with E-state index in [2.05, 4.69) is 39.8 Å². The van der Waals surface area contributed by atoms with Gasteiger partial charge in [-0.05, 0) is 70.6 Å². The molecule has 0 spiro atoms. The molecule has 5 nitrogen and oxygen atoms in total. The van der Waals surface area contributed by atoms with Gasteiger partial charge in [0.05, 0.1) is 0 Å². The van der Waals surface area contributed by atoms with E-state index in [1.165, 1.54) is 29.3 Å². The second-order valence-corrected chi connectivity index (χ2v) is 9.01. The topological polar surface area (TPSA) is 79.2 Å². The summed E-state index contributed by atoms with van der Waals surface area (Å²) in [4.78, 5) is 0. The van der Waals surface area contributed by atoms with Crippen molar-refractivity contribution >= 4 is 0 Å². The highest BCUT2D eigenvalue weighted by Crippen LogP contribution is 2.32. The van der Waals surface area contributed by atoms with Gasteiger partial charge in [0.25, 0.3) is 0 Å². The first-order valence-electron chi connectivity index (χ1n) is 12.2. The van der Waals surface area contributed by atoms with Gasteiger partial charge in [-0.25, -0.2) is 0 Å². The second kappa shape index (κ2) is 14.2. The first-order valence-corrected chi connectivity index (χ1v) is 12.2. The Kier molecular flexibility index (Phi) is 11.4. The van der Waals surface area contributed by atoms with Crippen LogP contribution in [0.3, 0.4) is 0 Å². The lowest BCUT2D eigenvalue weighted by Crippen LogP contribution is -2.10. The number of aryl methyl sites for hydroxylation is 1. The molecule has 5 heteroatoms. The van der Waals surface area contributed by atoms with Gasteiger partial charge in [-0.15, -0.1) is 0 Å². The molecule has 186 valence electrons. The zero-order valence-electron chi connectivity index (χ0n) is 21.1. The number of hydrogen-bond acceptors (Lipinski definition) is 5. The Labute approximate surface area is 204 Å². The predicted molar refractivity (Wildman–Crippen MR) is 138 cm³/mol. The third kappa shape index (κ3) is 9.82. The summed E-state index contributed by atoms with van der Waals surface area (Å²) in [5, 5.41) is 30.0. The molecule has 0 radical (unpaired) electrons. The summed E-state index contributed by atoms with van der Waals surface area (Å²) >= 11 is 0. The number of benzene rings is 2. The van der Waals surface area contributed by atoms with Crippen molar-refractivity contribution in [2.45, 2.75) is 72.6 Å². The number of unbranched alkanes of at least 4 members (excludes halogenated alkanes) is 2. The van der Waals surface area contributed by atoms with Gasteiger partial charge in [0.2, 0.25) is 0 Å². The summed E-state index contributed by atoms with van der Waals surface area (Å²) < 4.78 is 11.6. The molecule has 0 saturated heterocycles. The SMILES string of the molecule is CCCCCc1cc(O)c(C/C=C(\C)CCC=C(C)C)c(OCCOc2cc(O)cc(O)c2)c1. The molecular weight excluding hydrogens is 428 g/mol. The largest absolute Gasteiger partial charge is 0.508 e. The van der Waals surface area contributed by atoms with Crippen molar-refractivity contribution in [2.24, 2.45) is 0 Å². The molecule has 2 rings (SSSR count). The minimum absolute atomic E-state index is 0.0605. The van der Waals surface area contributed by atoms with E-state index in [9.17, 15) is 15.3 Å². The molecule has 0 heterocycles. The van der Waals surface area contributed by atoms with Gasteiger partial charge < -0.3 is 24.8 Å². The second-order valence-electron chi connectivity index (χ2n) is 9.01. The average Bonchev–Trinajstić information content (AvgIpc) is 2.75. The Bertz CT molecular complexity index is 950. The monoisotopic (exact) mass is 468 g/mol. The van der Waals surface area contributed by atoms with E-state index >= 15 is 0 Å². The van der Waals surface area contributed by atoms with Crippen LogP contribution in [-0.4, -0.2) is 28.5 Å². The van der Waals surface area contributed by atoms with Crippen LogP contribution in [0.15, 0.2) is 53.6 Å². The molecule has 3 N–H and O–H groups in total. The molecule has 0 aliphatic rings. The molecule has 2 aromatic carbocycles. The Hall–Kier alpha value is -3.08. The van der Waals surface area contributed by atoms with E-state index in [1.807, 2.05) is 12.1 Å². The highest BCUT2D eigenvalue weighted by Gasteiger charge is 2.12. The number of phenolic OH excluding ortho intramolecular Hbond substituents is 3. The van der Waals surface area contributed by atoms with Crippen LogP contribution in [0.2, 0.25) is 0 Å². The Morgan fingerprint density at radius 3 is 2.24 bits per heavy atom. The smallest absolute Gasteiger partial charge is 0.126 e. The molecule has 0 aliphatic carbocycles. The summed E-state index contributed by atoms with van der Waals surface area (Å²) in [5.74, 6) is 1.18. The number of aromatic hydroxyl groups is 3. The van der Waals surface area contributed by atoms with Crippen molar-refractivity contribution in [3.8, 4) is 28.7 Å². The van der Waals surface area contributed by atoms with E-state index < -0.39 is 0 Å². The zero-order valence-corrected chi connectivity index (χ0v) is 21.1. The van der Waals surface area contributed by atoms with Gasteiger partial charge in [0, 0.05) is 23.8 Å². The number of allylic oxidation sites excluding steroid dienone is 4. The van der Waals surface area contributed by atoms with Crippen molar-refractivity contribution in [3.05, 3.63) is 64.8 Å². The molecule has 0 aromatic heterocycles. The fourth-order valence-electron chi connectivity index (χ4n) is 3.67. The van der Waals surface area contributed by atoms with Gasteiger partial charge in [-0.1, -0.05) is 43.1 Å². The van der Waals surface area contributed by atoms with Crippen LogP contribution in [0, 0.1) is 0 Å². The van der Waals surface area contributed by atoms with E-state index in [0.717, 1.165) is 49.7 Å². The number of ether oxygens (including phenoxy) is 2. The lowest BCUT2D eigenvalue weighted by Gasteiger charge is -2.15. The average molecular weight is 469 g/mol. The molecule has 0 atom stereocenters. The maximum atomic E-state index is 10.8. The lowest BCUT2D eigenvalue weighted by molar-refractivity contribution is 0.214. The number of phenols is 3. The summed E-state index contributed by atoms with van der Waals surface area (Å²) in [7, 11) is 0. The molecule has 0 saturated carbocycles. The molecule has 0 fully saturated rings. The van der Waals surface area contributed by atoms with Crippen LogP contribution in [0.1, 0.15) is 70.9 Å². The van der Waals surface area contributed by atoms with Crippen molar-refractivity contribution in [3.63, 3.8) is 0 Å². The molecular formula is C29H40O5. The lowest BCUT2D eigenvalue weighted by atomic mass is 10.00. The standard InChI is InChI=1S/C29H40O5/c1-5-6-7-11-23-16-28(32)27(13-12-22(4)10-8-9-21(2)3)29(17-23)34-15-14-33-26-19-24(30)18-25(31)20-26/h9,12,16-20,30-32H,5-8,10-11,13-15H2,1-4H3/b22-12+. The molecule has 0 amide bonds. The minimum Gasteiger partial charge on any atom is -0.508 e. The normalized spacial score (nSPS) is 11.4. The van der Waals surface area contributed by atoms with E-state index in [0.29, 0.717) is 17.9 Å². The predicted octanol–water partition coefficient (Wildman–Crippen LogP) is 7.23. The van der Waals surface area contributed by atoms with Gasteiger partial charge in [-0.3, -0.25) is 0 Å². The maximum Gasteiger partial charge on any atom is 0.126 e. The summed E-state index contributed by atoms with van der Waals surface area (Å²) in [5.41, 5.74) is 4.44. The van der Waals surface area contributed by atoms with Gasteiger partial charge in [-0.2, -0.15) is 0 Å². The number of hydrogen-bond donors (Lipinski definition) is 3. The Morgan fingerprint density at radius 1 is 0.853 bits per heavy atom. The highest BCUT2D eigenvalue weighted by atomic mass is 16.5. The van der Waals surface area contributed by atoms with Crippen molar-refractivity contribution in [1.82, 2.24) is 0 Å². The third-order valence-corrected chi connectivity index (χ3v) is 5.55. The van der Waals surface area contributed by atoms with Crippen molar-refractivity contribution in [1.29, 1.82) is 0 Å². The van der Waals surface area contributed by atoms with Crippen molar-refractivity contribution in [2.75, 3.05) is 13.2 Å². The first kappa shape index (κ1) is 27.2. The first-order chi connectivity index (χ1) is 16.3.